The van der Waals surface area contributed by atoms with E-state index in [4.69, 9.17) is 0 Å². The van der Waals surface area contributed by atoms with Crippen LogP contribution in [0.1, 0.15) is 22.3 Å². The number of ketones is 2. The Labute approximate surface area is 101 Å². The van der Waals surface area contributed by atoms with E-state index in [-0.39, 0.29) is 11.6 Å². The highest BCUT2D eigenvalue weighted by Gasteiger charge is 2.26. The fourth-order valence-corrected chi connectivity index (χ4v) is 2.05. The van der Waals surface area contributed by atoms with Crippen molar-refractivity contribution in [3.05, 3.63) is 47.2 Å². The van der Waals surface area contributed by atoms with Crippen LogP contribution in [0.4, 0.5) is 0 Å². The average molecular weight is 229 g/mol. The van der Waals surface area contributed by atoms with Crippen LogP contribution in [0, 0.1) is 0 Å². The Bertz CT molecular complexity index is 501. The second-order valence-electron chi connectivity index (χ2n) is 4.43. The van der Waals surface area contributed by atoms with Crippen molar-refractivity contribution in [2.75, 3.05) is 14.1 Å². The smallest absolute Gasteiger partial charge is 0.233 e. The van der Waals surface area contributed by atoms with E-state index in [9.17, 15) is 9.59 Å². The predicted molar refractivity (Wildman–Crippen MR) is 65.9 cm³/mol. The van der Waals surface area contributed by atoms with E-state index in [1.807, 2.05) is 26.2 Å². The molecule has 0 N–H and O–H groups in total. The molecule has 0 fully saturated rings. The predicted octanol–water partition coefficient (Wildman–Crippen LogP) is 1.83. The van der Waals surface area contributed by atoms with Gasteiger partial charge in [-0.25, -0.2) is 0 Å². The number of Topliss-reactive ketones (excluding diaryl/α,β-unsaturated/α-hetero) is 2. The van der Waals surface area contributed by atoms with Crippen LogP contribution in [0.25, 0.3) is 0 Å². The normalized spacial score (nSPS) is 17.9. The van der Waals surface area contributed by atoms with Gasteiger partial charge in [-0.05, 0) is 18.4 Å². The molecule has 1 aliphatic carbocycles. The number of carbonyl (C=O) groups excluding carboxylic acids is 2. The molecule has 88 valence electrons. The van der Waals surface area contributed by atoms with Crippen molar-refractivity contribution in [1.82, 2.24) is 4.90 Å². The molecule has 0 spiro atoms. The summed E-state index contributed by atoms with van der Waals surface area (Å²) in [5, 5.41) is 0. The molecule has 1 aromatic rings. The summed E-state index contributed by atoms with van der Waals surface area (Å²) in [6.45, 7) is 0. The fraction of sp³-hybridized carbons (Fsp3) is 0.286. The van der Waals surface area contributed by atoms with Gasteiger partial charge in [0.05, 0.1) is 0 Å². The summed E-state index contributed by atoms with van der Waals surface area (Å²) in [6, 6.07) is 7.34. The Morgan fingerprint density at radius 1 is 1.06 bits per heavy atom. The molecular weight excluding hydrogens is 214 g/mol. The highest BCUT2D eigenvalue weighted by Crippen LogP contribution is 2.21. The summed E-state index contributed by atoms with van der Waals surface area (Å²) in [4.78, 5) is 25.8. The van der Waals surface area contributed by atoms with Crippen molar-refractivity contribution < 1.29 is 9.59 Å². The zero-order valence-electron chi connectivity index (χ0n) is 10.1. The third kappa shape index (κ3) is 2.28. The van der Waals surface area contributed by atoms with Crippen molar-refractivity contribution in [3.63, 3.8) is 0 Å². The van der Waals surface area contributed by atoms with Crippen LogP contribution in [0.15, 0.2) is 36.0 Å². The summed E-state index contributed by atoms with van der Waals surface area (Å²) in [5.41, 5.74) is 2.11. The Morgan fingerprint density at radius 3 is 2.47 bits per heavy atom. The molecule has 0 amide bonds. The lowest BCUT2D eigenvalue weighted by Gasteiger charge is -2.07. The Hall–Kier alpha value is -1.90. The third-order valence-corrected chi connectivity index (χ3v) is 2.84. The van der Waals surface area contributed by atoms with Crippen LogP contribution in [-0.2, 0) is 11.2 Å². The molecule has 0 unspecified atom stereocenters. The molecule has 0 heterocycles. The summed E-state index contributed by atoms with van der Waals surface area (Å²) in [7, 11) is 3.70. The van der Waals surface area contributed by atoms with Gasteiger partial charge in [-0.1, -0.05) is 24.3 Å². The Balaban J connectivity index is 2.43. The lowest BCUT2D eigenvalue weighted by atomic mass is 10.0. The first-order valence-electron chi connectivity index (χ1n) is 5.63. The number of rotatable bonds is 1. The van der Waals surface area contributed by atoms with Crippen LogP contribution in [0.3, 0.4) is 0 Å². The van der Waals surface area contributed by atoms with Crippen molar-refractivity contribution in [3.8, 4) is 0 Å². The monoisotopic (exact) mass is 229 g/mol. The molecule has 2 rings (SSSR count). The lowest BCUT2D eigenvalue weighted by molar-refractivity contribution is -0.112. The van der Waals surface area contributed by atoms with E-state index < -0.39 is 0 Å². The first-order chi connectivity index (χ1) is 8.09. The summed E-state index contributed by atoms with van der Waals surface area (Å²) >= 11 is 0. The van der Waals surface area contributed by atoms with Crippen LogP contribution in [0.2, 0.25) is 0 Å². The number of carbonyl (C=O) groups is 2. The van der Waals surface area contributed by atoms with Gasteiger partial charge in [-0.15, -0.1) is 0 Å². The second-order valence-corrected chi connectivity index (χ2v) is 4.43. The summed E-state index contributed by atoms with van der Waals surface area (Å²) in [6.07, 6.45) is 3.11. The maximum Gasteiger partial charge on any atom is 0.233 e. The van der Waals surface area contributed by atoms with Crippen LogP contribution >= 0.6 is 0 Å². The quantitative estimate of drug-likeness (QED) is 0.419. The largest absolute Gasteiger partial charge is 0.383 e. The van der Waals surface area contributed by atoms with Crippen LogP contribution in [0.5, 0.6) is 0 Å². The minimum absolute atomic E-state index is 0.372. The SMILES string of the molecule is CN(C)/C=C1/CCc2ccccc2C(=O)C1=O. The Kier molecular flexibility index (Phi) is 3.09. The van der Waals surface area contributed by atoms with Gasteiger partial charge in [0.2, 0.25) is 11.6 Å². The standard InChI is InChI=1S/C14H15NO2/c1-15(2)9-11-8-7-10-5-3-4-6-12(10)14(17)13(11)16/h3-6,9H,7-8H2,1-2H3/b11-9-. The highest BCUT2D eigenvalue weighted by molar-refractivity contribution is 6.49. The molecule has 1 aromatic carbocycles. The van der Waals surface area contributed by atoms with Gasteiger partial charge in [0, 0.05) is 31.4 Å². The second kappa shape index (κ2) is 4.53. The molecule has 0 atom stereocenters. The molecular formula is C14H15NO2. The first kappa shape index (κ1) is 11.6. The van der Waals surface area contributed by atoms with Crippen LogP contribution in [-0.4, -0.2) is 30.6 Å². The molecule has 0 bridgehead atoms. The number of hydrogen-bond acceptors (Lipinski definition) is 3. The van der Waals surface area contributed by atoms with E-state index in [2.05, 4.69) is 0 Å². The third-order valence-electron chi connectivity index (χ3n) is 2.84. The van der Waals surface area contributed by atoms with E-state index in [0.29, 0.717) is 17.6 Å². The molecule has 3 nitrogen and oxygen atoms in total. The van der Waals surface area contributed by atoms with Gasteiger partial charge in [0.15, 0.2) is 0 Å². The molecule has 3 heteroatoms. The van der Waals surface area contributed by atoms with Crippen molar-refractivity contribution in [1.29, 1.82) is 0 Å². The molecule has 0 radical (unpaired) electrons. The number of allylic oxidation sites excluding steroid dienone is 1. The zero-order valence-corrected chi connectivity index (χ0v) is 10.1. The summed E-state index contributed by atoms with van der Waals surface area (Å²) < 4.78 is 0. The lowest BCUT2D eigenvalue weighted by Crippen LogP contribution is -2.17. The van der Waals surface area contributed by atoms with Crippen molar-refractivity contribution in [2.45, 2.75) is 12.8 Å². The Morgan fingerprint density at radius 2 is 1.76 bits per heavy atom. The van der Waals surface area contributed by atoms with Gasteiger partial charge < -0.3 is 4.90 Å². The van der Waals surface area contributed by atoms with Gasteiger partial charge in [-0.2, -0.15) is 0 Å². The van der Waals surface area contributed by atoms with Crippen molar-refractivity contribution in [2.24, 2.45) is 0 Å². The number of fused-ring (bicyclic) bond motifs is 1. The molecule has 1 aliphatic rings. The highest BCUT2D eigenvalue weighted by atomic mass is 16.2. The molecule has 0 aliphatic heterocycles. The van der Waals surface area contributed by atoms with E-state index in [0.717, 1.165) is 12.0 Å². The number of aryl methyl sites for hydroxylation is 1. The number of benzene rings is 1. The van der Waals surface area contributed by atoms with Crippen molar-refractivity contribution >= 4 is 11.6 Å². The van der Waals surface area contributed by atoms with Gasteiger partial charge in [-0.3, -0.25) is 9.59 Å². The minimum Gasteiger partial charge on any atom is -0.383 e. The molecule has 0 saturated heterocycles. The zero-order chi connectivity index (χ0) is 12.4. The topological polar surface area (TPSA) is 37.4 Å². The maximum atomic E-state index is 12.0. The van der Waals surface area contributed by atoms with E-state index >= 15 is 0 Å². The van der Waals surface area contributed by atoms with E-state index in [1.165, 1.54) is 0 Å². The average Bonchev–Trinajstić information content (AvgIpc) is 2.42. The van der Waals surface area contributed by atoms with E-state index in [1.54, 1.807) is 23.2 Å². The van der Waals surface area contributed by atoms with Crippen LogP contribution < -0.4 is 0 Å². The number of nitrogens with zero attached hydrogens (tertiary/aromatic N) is 1. The van der Waals surface area contributed by atoms with Gasteiger partial charge in [0.1, 0.15) is 0 Å². The maximum absolute atomic E-state index is 12.0. The van der Waals surface area contributed by atoms with Gasteiger partial charge in [0.25, 0.3) is 0 Å². The molecule has 0 aromatic heterocycles. The molecule has 0 saturated carbocycles. The number of hydrogen-bond donors (Lipinski definition) is 0. The minimum atomic E-state index is -0.383. The molecule has 17 heavy (non-hydrogen) atoms. The first-order valence-corrected chi connectivity index (χ1v) is 5.63. The summed E-state index contributed by atoms with van der Waals surface area (Å²) in [5.74, 6) is -0.755. The van der Waals surface area contributed by atoms with Gasteiger partial charge >= 0.3 is 0 Å². The fourth-order valence-electron chi connectivity index (χ4n) is 2.05.